The van der Waals surface area contributed by atoms with E-state index in [1.165, 1.54) is 0 Å². The summed E-state index contributed by atoms with van der Waals surface area (Å²) in [5.74, 6) is -0.162. The van der Waals surface area contributed by atoms with Crippen molar-refractivity contribution in [2.75, 3.05) is 19.0 Å². The van der Waals surface area contributed by atoms with E-state index in [-0.39, 0.29) is 19.6 Å². The topological polar surface area (TPSA) is 138 Å². The van der Waals surface area contributed by atoms with Crippen LogP contribution in [0.4, 0.5) is 10.5 Å². The summed E-state index contributed by atoms with van der Waals surface area (Å²) in [4.78, 5) is 41.2. The molecule has 0 radical (unpaired) electrons. The molecule has 0 saturated heterocycles. The molecule has 0 aromatic heterocycles. The first-order valence-electron chi connectivity index (χ1n) is 20.2. The van der Waals surface area contributed by atoms with Crippen molar-refractivity contribution in [1.82, 2.24) is 16.0 Å². The van der Waals surface area contributed by atoms with Crippen LogP contribution in [-0.4, -0.2) is 48.8 Å². The standard InChI is InChI=1S/C50H52N4O6/c1-59-44-31-27-42(28-32-44)50(40-20-10-4-11-21-40,41-22-12-5-13-23-41)51-33-15-14-24-45(47(56)52-43-29-25-38(35-55)26-30-43)53-48(57)46(34-37-16-6-2-7-17-37)54-49(58)60-36-39-18-8-3-9-19-39/h2-13,16-23,25-32,45-46,51,55H,14-15,24,33-36H2,1H3,(H,52,56)(H,53,57)(H,54,58). The first-order chi connectivity index (χ1) is 29.4. The molecular formula is C50H52N4O6. The number of anilines is 1. The number of aliphatic hydroxyl groups is 1. The molecule has 10 heteroatoms. The Balaban J connectivity index is 1.20. The highest BCUT2D eigenvalue weighted by molar-refractivity contribution is 5.98. The van der Waals surface area contributed by atoms with Crippen LogP contribution in [-0.2, 0) is 39.5 Å². The summed E-state index contributed by atoms with van der Waals surface area (Å²) in [6.07, 6.45) is 0.993. The third kappa shape index (κ3) is 11.7. The average Bonchev–Trinajstić information content (AvgIpc) is 3.30. The highest BCUT2D eigenvalue weighted by Gasteiger charge is 2.36. The van der Waals surface area contributed by atoms with E-state index < -0.39 is 35.5 Å². The molecule has 60 heavy (non-hydrogen) atoms. The maximum absolute atomic E-state index is 14.1. The van der Waals surface area contributed by atoms with Crippen molar-refractivity contribution >= 4 is 23.6 Å². The summed E-state index contributed by atoms with van der Waals surface area (Å²) in [5, 5.41) is 22.1. The van der Waals surface area contributed by atoms with Gasteiger partial charge in [-0.3, -0.25) is 14.9 Å². The Morgan fingerprint density at radius 2 is 1.13 bits per heavy atom. The number of hydrogen-bond donors (Lipinski definition) is 5. The number of carbonyl (C=O) groups is 3. The minimum atomic E-state index is -1.03. The molecule has 0 fully saturated rings. The minimum Gasteiger partial charge on any atom is -0.497 e. The van der Waals surface area contributed by atoms with Crippen LogP contribution in [0, 0.1) is 0 Å². The Kier molecular flexibility index (Phi) is 15.6. The quantitative estimate of drug-likeness (QED) is 0.0391. The van der Waals surface area contributed by atoms with Crippen LogP contribution in [0.3, 0.4) is 0 Å². The number of benzene rings is 6. The molecule has 0 aliphatic carbocycles. The zero-order valence-electron chi connectivity index (χ0n) is 33.8. The van der Waals surface area contributed by atoms with Crippen molar-refractivity contribution in [3.8, 4) is 5.75 Å². The van der Waals surface area contributed by atoms with Gasteiger partial charge in [0.2, 0.25) is 11.8 Å². The van der Waals surface area contributed by atoms with E-state index >= 15 is 0 Å². The molecule has 0 bridgehead atoms. The Morgan fingerprint density at radius 3 is 1.70 bits per heavy atom. The number of unbranched alkanes of at least 4 members (excludes halogenated alkanes) is 1. The number of methoxy groups -OCH3 is 1. The summed E-state index contributed by atoms with van der Waals surface area (Å²) >= 11 is 0. The van der Waals surface area contributed by atoms with Crippen LogP contribution in [0.2, 0.25) is 0 Å². The smallest absolute Gasteiger partial charge is 0.408 e. The lowest BCUT2D eigenvalue weighted by molar-refractivity contribution is -0.128. The zero-order chi connectivity index (χ0) is 42.0. The fraction of sp³-hybridized carbons (Fsp3) is 0.220. The Morgan fingerprint density at radius 1 is 0.583 bits per heavy atom. The van der Waals surface area contributed by atoms with Crippen LogP contribution >= 0.6 is 0 Å². The molecule has 6 aromatic rings. The monoisotopic (exact) mass is 804 g/mol. The van der Waals surface area contributed by atoms with Gasteiger partial charge in [0.1, 0.15) is 24.4 Å². The molecule has 10 nitrogen and oxygen atoms in total. The van der Waals surface area contributed by atoms with Gasteiger partial charge in [-0.15, -0.1) is 0 Å². The summed E-state index contributed by atoms with van der Waals surface area (Å²) in [7, 11) is 1.65. The van der Waals surface area contributed by atoms with E-state index in [4.69, 9.17) is 9.47 Å². The third-order valence-corrected chi connectivity index (χ3v) is 10.4. The number of nitrogens with one attached hydrogen (secondary N) is 4. The first kappa shape index (κ1) is 42.8. The summed E-state index contributed by atoms with van der Waals surface area (Å²) in [6, 6.07) is 52.2. The number of carbonyl (C=O) groups excluding carboxylic acids is 3. The van der Waals surface area contributed by atoms with E-state index in [1.54, 1.807) is 31.4 Å². The van der Waals surface area contributed by atoms with Gasteiger partial charge < -0.3 is 30.5 Å². The van der Waals surface area contributed by atoms with Crippen molar-refractivity contribution in [1.29, 1.82) is 0 Å². The minimum absolute atomic E-state index is 0.0365. The molecule has 6 aromatic carbocycles. The van der Waals surface area contributed by atoms with Crippen LogP contribution in [0.1, 0.15) is 52.6 Å². The molecule has 0 aliphatic heterocycles. The molecule has 3 amide bonds. The van der Waals surface area contributed by atoms with E-state index in [0.29, 0.717) is 37.1 Å². The van der Waals surface area contributed by atoms with Gasteiger partial charge >= 0.3 is 6.09 Å². The molecule has 6 rings (SSSR count). The van der Waals surface area contributed by atoms with Crippen molar-refractivity contribution in [3.63, 3.8) is 0 Å². The van der Waals surface area contributed by atoms with Gasteiger partial charge in [-0.25, -0.2) is 4.79 Å². The highest BCUT2D eigenvalue weighted by atomic mass is 16.5. The van der Waals surface area contributed by atoms with Crippen LogP contribution < -0.4 is 26.0 Å². The fourth-order valence-electron chi connectivity index (χ4n) is 7.20. The van der Waals surface area contributed by atoms with Gasteiger partial charge in [0, 0.05) is 12.1 Å². The molecule has 2 unspecified atom stereocenters. The maximum Gasteiger partial charge on any atom is 0.408 e. The van der Waals surface area contributed by atoms with E-state index in [1.807, 2.05) is 109 Å². The van der Waals surface area contributed by atoms with Gasteiger partial charge in [-0.05, 0) is 83.5 Å². The normalized spacial score (nSPS) is 12.1. The highest BCUT2D eigenvalue weighted by Crippen LogP contribution is 2.37. The lowest BCUT2D eigenvalue weighted by Crippen LogP contribution is -2.53. The van der Waals surface area contributed by atoms with Gasteiger partial charge in [0.15, 0.2) is 0 Å². The zero-order valence-corrected chi connectivity index (χ0v) is 33.8. The number of amides is 3. The SMILES string of the molecule is COc1ccc(C(NCCCCC(NC(=O)C(Cc2ccccc2)NC(=O)OCc2ccccc2)C(=O)Nc2ccc(CO)cc2)(c2ccccc2)c2ccccc2)cc1. The summed E-state index contributed by atoms with van der Waals surface area (Å²) in [6.45, 7) is 0.486. The molecule has 308 valence electrons. The lowest BCUT2D eigenvalue weighted by atomic mass is 9.77. The van der Waals surface area contributed by atoms with Crippen LogP contribution in [0.25, 0.3) is 0 Å². The van der Waals surface area contributed by atoms with Gasteiger partial charge in [-0.1, -0.05) is 146 Å². The van der Waals surface area contributed by atoms with E-state index in [2.05, 4.69) is 57.7 Å². The molecule has 2 atom stereocenters. The van der Waals surface area contributed by atoms with Gasteiger partial charge in [0.05, 0.1) is 19.3 Å². The molecule has 5 N–H and O–H groups in total. The number of hydrogen-bond acceptors (Lipinski definition) is 7. The van der Waals surface area contributed by atoms with E-state index in [0.717, 1.165) is 33.6 Å². The van der Waals surface area contributed by atoms with Crippen LogP contribution in [0.5, 0.6) is 5.75 Å². The van der Waals surface area contributed by atoms with Crippen molar-refractivity contribution in [3.05, 3.63) is 203 Å². The first-order valence-corrected chi connectivity index (χ1v) is 20.2. The molecule has 0 spiro atoms. The molecule has 0 saturated carbocycles. The third-order valence-electron chi connectivity index (χ3n) is 10.4. The van der Waals surface area contributed by atoms with Crippen LogP contribution in [0.15, 0.2) is 170 Å². The Hall–Kier alpha value is -6.75. The number of aliphatic hydroxyl groups excluding tert-OH is 1. The largest absolute Gasteiger partial charge is 0.497 e. The summed E-state index contributed by atoms with van der Waals surface area (Å²) in [5.41, 5.74) is 5.34. The Labute approximate surface area is 352 Å². The second-order valence-electron chi connectivity index (χ2n) is 14.5. The second-order valence-corrected chi connectivity index (χ2v) is 14.5. The maximum atomic E-state index is 14.1. The fourth-order valence-corrected chi connectivity index (χ4v) is 7.20. The molecular weight excluding hydrogens is 753 g/mol. The predicted octanol–water partition coefficient (Wildman–Crippen LogP) is 7.90. The Bertz CT molecular complexity index is 2180. The average molecular weight is 805 g/mol. The van der Waals surface area contributed by atoms with Crippen molar-refractivity contribution in [2.45, 2.75) is 56.5 Å². The predicted molar refractivity (Wildman–Crippen MR) is 234 cm³/mol. The van der Waals surface area contributed by atoms with E-state index in [9.17, 15) is 19.5 Å². The molecule has 0 aliphatic rings. The molecule has 0 heterocycles. The lowest BCUT2D eigenvalue weighted by Gasteiger charge is -2.37. The number of rotatable bonds is 20. The number of alkyl carbamates (subject to hydrolysis) is 1. The van der Waals surface area contributed by atoms with Crippen molar-refractivity contribution < 1.29 is 29.0 Å². The summed E-state index contributed by atoms with van der Waals surface area (Å²) < 4.78 is 11.0. The number of ether oxygens (including phenoxy) is 2. The van der Waals surface area contributed by atoms with Gasteiger partial charge in [0.25, 0.3) is 0 Å². The van der Waals surface area contributed by atoms with Crippen molar-refractivity contribution in [2.24, 2.45) is 0 Å². The second kappa shape index (κ2) is 21.9. The van der Waals surface area contributed by atoms with Gasteiger partial charge in [-0.2, -0.15) is 0 Å².